The second-order valence-corrected chi connectivity index (χ2v) is 5.04. The molecule has 0 aliphatic rings. The van der Waals surface area contributed by atoms with Gasteiger partial charge in [0.05, 0.1) is 11.6 Å². The molecule has 1 unspecified atom stereocenters. The summed E-state index contributed by atoms with van der Waals surface area (Å²) in [4.78, 5) is 15.9. The maximum Gasteiger partial charge on any atom is 0.253 e. The second-order valence-electron chi connectivity index (χ2n) is 4.23. The second kappa shape index (κ2) is 6.09. The highest BCUT2D eigenvalue weighted by molar-refractivity contribution is 9.10. The molecule has 1 heterocycles. The number of aromatic nitrogens is 1. The van der Waals surface area contributed by atoms with E-state index in [1.54, 1.807) is 19.1 Å². The van der Waals surface area contributed by atoms with Gasteiger partial charge in [-0.25, -0.2) is 13.8 Å². The molecule has 104 valence electrons. The molecule has 0 aliphatic heterocycles. The molecule has 0 bridgehead atoms. The lowest BCUT2D eigenvalue weighted by molar-refractivity contribution is 0.0939. The third kappa shape index (κ3) is 3.39. The Morgan fingerprint density at radius 3 is 2.65 bits per heavy atom. The summed E-state index contributed by atoms with van der Waals surface area (Å²) in [7, 11) is 0. The molecule has 1 N–H and O–H groups in total. The smallest absolute Gasteiger partial charge is 0.253 e. The van der Waals surface area contributed by atoms with Crippen LogP contribution in [0.1, 0.15) is 28.9 Å². The van der Waals surface area contributed by atoms with E-state index in [0.717, 1.165) is 12.1 Å². The summed E-state index contributed by atoms with van der Waals surface area (Å²) in [6, 6.07) is 5.92. The molecule has 0 saturated carbocycles. The highest BCUT2D eigenvalue weighted by Crippen LogP contribution is 2.18. The van der Waals surface area contributed by atoms with Gasteiger partial charge >= 0.3 is 0 Å². The van der Waals surface area contributed by atoms with E-state index in [2.05, 4.69) is 26.2 Å². The molecule has 0 aliphatic carbocycles. The van der Waals surface area contributed by atoms with Gasteiger partial charge in [-0.3, -0.25) is 4.79 Å². The molecule has 20 heavy (non-hydrogen) atoms. The van der Waals surface area contributed by atoms with E-state index in [9.17, 15) is 13.6 Å². The lowest BCUT2D eigenvalue weighted by Crippen LogP contribution is -2.27. The summed E-state index contributed by atoms with van der Waals surface area (Å²) in [5.74, 6) is -1.71. The van der Waals surface area contributed by atoms with Crippen molar-refractivity contribution in [2.75, 3.05) is 0 Å². The summed E-state index contributed by atoms with van der Waals surface area (Å²) < 4.78 is 27.1. The van der Waals surface area contributed by atoms with Gasteiger partial charge in [-0.05, 0) is 41.1 Å². The molecule has 0 spiro atoms. The zero-order valence-corrected chi connectivity index (χ0v) is 12.1. The molecule has 1 atom stereocenters. The van der Waals surface area contributed by atoms with Gasteiger partial charge in [0.25, 0.3) is 5.91 Å². The predicted octanol–water partition coefficient (Wildman–Crippen LogP) is 3.61. The number of rotatable bonds is 3. The Morgan fingerprint density at radius 1 is 1.30 bits per heavy atom. The Labute approximate surface area is 123 Å². The van der Waals surface area contributed by atoms with Crippen molar-refractivity contribution in [2.24, 2.45) is 0 Å². The lowest BCUT2D eigenvalue weighted by Gasteiger charge is -2.15. The highest BCUT2D eigenvalue weighted by Gasteiger charge is 2.15. The van der Waals surface area contributed by atoms with Crippen molar-refractivity contribution < 1.29 is 13.6 Å². The summed E-state index contributed by atoms with van der Waals surface area (Å²) in [5, 5.41) is 2.64. The number of hydrogen-bond donors (Lipinski definition) is 1. The van der Waals surface area contributed by atoms with Crippen LogP contribution in [0.3, 0.4) is 0 Å². The fourth-order valence-electron chi connectivity index (χ4n) is 1.72. The van der Waals surface area contributed by atoms with Crippen molar-refractivity contribution >= 4 is 21.8 Å². The first-order valence-electron chi connectivity index (χ1n) is 5.84. The van der Waals surface area contributed by atoms with E-state index in [1.807, 2.05) is 0 Å². The Hall–Kier alpha value is -1.82. The molecule has 6 heteroatoms. The maximum absolute atomic E-state index is 13.6. The quantitative estimate of drug-likeness (QED) is 0.867. The topological polar surface area (TPSA) is 42.0 Å². The van der Waals surface area contributed by atoms with Crippen molar-refractivity contribution in [3.8, 4) is 0 Å². The van der Waals surface area contributed by atoms with Crippen LogP contribution in [0.4, 0.5) is 8.78 Å². The number of carbonyl (C=O) groups is 1. The Balaban J connectivity index is 2.12. The Morgan fingerprint density at radius 2 is 2.05 bits per heavy atom. The van der Waals surface area contributed by atoms with Gasteiger partial charge in [0.2, 0.25) is 0 Å². The number of halogens is 3. The molecule has 0 radical (unpaired) electrons. The third-order valence-corrected chi connectivity index (χ3v) is 3.24. The van der Waals surface area contributed by atoms with Gasteiger partial charge in [0.15, 0.2) is 0 Å². The SMILES string of the molecule is CC(NC(=O)c1ccc(Br)nc1)c1ccc(F)cc1F. The van der Waals surface area contributed by atoms with E-state index >= 15 is 0 Å². The first-order valence-corrected chi connectivity index (χ1v) is 6.64. The highest BCUT2D eigenvalue weighted by atomic mass is 79.9. The van der Waals surface area contributed by atoms with Crippen molar-refractivity contribution in [3.63, 3.8) is 0 Å². The average molecular weight is 341 g/mol. The number of pyridine rings is 1. The minimum atomic E-state index is -0.688. The van der Waals surface area contributed by atoms with Crippen LogP contribution in [-0.4, -0.2) is 10.9 Å². The minimum Gasteiger partial charge on any atom is -0.345 e. The van der Waals surface area contributed by atoms with Crippen molar-refractivity contribution in [1.82, 2.24) is 10.3 Å². The average Bonchev–Trinajstić information content (AvgIpc) is 2.39. The molecular weight excluding hydrogens is 330 g/mol. The fourth-order valence-corrected chi connectivity index (χ4v) is 1.96. The minimum absolute atomic E-state index is 0.227. The van der Waals surface area contributed by atoms with Gasteiger partial charge in [-0.1, -0.05) is 6.07 Å². The summed E-state index contributed by atoms with van der Waals surface area (Å²) in [6.07, 6.45) is 1.41. The largest absolute Gasteiger partial charge is 0.345 e. The van der Waals surface area contributed by atoms with Crippen LogP contribution in [0, 0.1) is 11.6 Å². The Kier molecular flexibility index (Phi) is 4.44. The number of amides is 1. The van der Waals surface area contributed by atoms with E-state index in [-0.39, 0.29) is 11.5 Å². The van der Waals surface area contributed by atoms with Crippen LogP contribution in [0.25, 0.3) is 0 Å². The van der Waals surface area contributed by atoms with Crippen molar-refractivity contribution in [2.45, 2.75) is 13.0 Å². The molecule has 1 aromatic carbocycles. The molecule has 1 aromatic heterocycles. The molecule has 2 aromatic rings. The molecule has 2 rings (SSSR count). The standard InChI is InChI=1S/C14H11BrF2N2O/c1-8(11-4-3-10(16)6-12(11)17)19-14(20)9-2-5-13(15)18-7-9/h2-8H,1H3,(H,19,20). The summed E-state index contributed by atoms with van der Waals surface area (Å²) in [5.41, 5.74) is 0.590. The van der Waals surface area contributed by atoms with Gasteiger partial charge in [0.1, 0.15) is 16.2 Å². The van der Waals surface area contributed by atoms with E-state index in [1.165, 1.54) is 12.3 Å². The van der Waals surface area contributed by atoms with Crippen LogP contribution < -0.4 is 5.32 Å². The predicted molar refractivity (Wildman–Crippen MR) is 74.2 cm³/mol. The van der Waals surface area contributed by atoms with E-state index in [0.29, 0.717) is 10.2 Å². The van der Waals surface area contributed by atoms with Gasteiger partial charge in [-0.2, -0.15) is 0 Å². The van der Waals surface area contributed by atoms with Crippen LogP contribution in [-0.2, 0) is 0 Å². The number of nitrogens with one attached hydrogen (secondary N) is 1. The number of hydrogen-bond acceptors (Lipinski definition) is 2. The number of benzene rings is 1. The number of nitrogens with zero attached hydrogens (tertiary/aromatic N) is 1. The molecule has 1 amide bonds. The third-order valence-electron chi connectivity index (χ3n) is 2.77. The van der Waals surface area contributed by atoms with Gasteiger partial charge in [0, 0.05) is 17.8 Å². The van der Waals surface area contributed by atoms with Gasteiger partial charge in [-0.15, -0.1) is 0 Å². The van der Waals surface area contributed by atoms with Crippen LogP contribution >= 0.6 is 15.9 Å². The maximum atomic E-state index is 13.6. The first-order chi connectivity index (χ1) is 9.47. The summed E-state index contributed by atoms with van der Waals surface area (Å²) in [6.45, 7) is 1.63. The normalized spacial score (nSPS) is 12.0. The van der Waals surface area contributed by atoms with Crippen LogP contribution in [0.15, 0.2) is 41.1 Å². The molecule has 3 nitrogen and oxygen atoms in total. The van der Waals surface area contributed by atoms with Crippen LogP contribution in [0.2, 0.25) is 0 Å². The molecule has 0 fully saturated rings. The molecular formula is C14H11BrF2N2O. The lowest BCUT2D eigenvalue weighted by atomic mass is 10.1. The monoisotopic (exact) mass is 340 g/mol. The molecule has 0 saturated heterocycles. The van der Waals surface area contributed by atoms with E-state index in [4.69, 9.17) is 0 Å². The van der Waals surface area contributed by atoms with Crippen molar-refractivity contribution in [1.29, 1.82) is 0 Å². The number of carbonyl (C=O) groups excluding carboxylic acids is 1. The fraction of sp³-hybridized carbons (Fsp3) is 0.143. The van der Waals surface area contributed by atoms with Crippen molar-refractivity contribution in [3.05, 3.63) is 63.9 Å². The summed E-state index contributed by atoms with van der Waals surface area (Å²) >= 11 is 3.17. The first kappa shape index (κ1) is 14.6. The Bertz CT molecular complexity index is 632. The van der Waals surface area contributed by atoms with Gasteiger partial charge < -0.3 is 5.32 Å². The van der Waals surface area contributed by atoms with E-state index < -0.39 is 17.7 Å². The zero-order chi connectivity index (χ0) is 14.7. The zero-order valence-electron chi connectivity index (χ0n) is 10.5. The van der Waals surface area contributed by atoms with Crippen LogP contribution in [0.5, 0.6) is 0 Å².